The Morgan fingerprint density at radius 1 is 1.32 bits per heavy atom. The van der Waals surface area contributed by atoms with E-state index >= 15 is 0 Å². The molecule has 118 valence electrons. The van der Waals surface area contributed by atoms with Gasteiger partial charge in [-0.1, -0.05) is 12.1 Å². The minimum absolute atomic E-state index is 0.0867. The molecule has 2 rings (SSSR count). The number of carbonyl (C=O) groups is 1. The van der Waals surface area contributed by atoms with Crippen LogP contribution in [0, 0.1) is 12.7 Å². The Bertz CT molecular complexity index is 679. The van der Waals surface area contributed by atoms with Gasteiger partial charge in [0.2, 0.25) is 5.91 Å². The van der Waals surface area contributed by atoms with Gasteiger partial charge in [0.25, 0.3) is 0 Å². The number of nitrogens with one attached hydrogen (secondary N) is 1. The van der Waals surface area contributed by atoms with Crippen molar-refractivity contribution in [2.45, 2.75) is 26.2 Å². The van der Waals surface area contributed by atoms with Crippen LogP contribution in [0.3, 0.4) is 0 Å². The molecule has 0 radical (unpaired) electrons. The summed E-state index contributed by atoms with van der Waals surface area (Å²) in [5.41, 5.74) is 0.0000919. The van der Waals surface area contributed by atoms with Crippen LogP contribution in [-0.4, -0.2) is 15.7 Å². The molecular weight excluding hydrogens is 302 g/mol. The van der Waals surface area contributed by atoms with E-state index in [2.05, 4.69) is 10.4 Å². The van der Waals surface area contributed by atoms with Gasteiger partial charge in [0.1, 0.15) is 12.4 Å². The summed E-state index contributed by atoms with van der Waals surface area (Å²) in [6, 6.07) is 5.34. The number of hydrogen-bond acceptors (Lipinski definition) is 2. The normalized spacial score (nSPS) is 11.5. The molecule has 0 aliphatic heterocycles. The Hall–Kier alpha value is -2.38. The summed E-state index contributed by atoms with van der Waals surface area (Å²) in [6.45, 7) is 1.36. The van der Waals surface area contributed by atoms with Gasteiger partial charge in [-0.2, -0.15) is 18.3 Å². The molecule has 8 heteroatoms. The van der Waals surface area contributed by atoms with Crippen molar-refractivity contribution in [1.82, 2.24) is 15.1 Å². The van der Waals surface area contributed by atoms with Crippen molar-refractivity contribution >= 4 is 5.91 Å². The van der Waals surface area contributed by atoms with E-state index in [1.54, 1.807) is 19.1 Å². The smallest absolute Gasteiger partial charge is 0.350 e. The number of nitrogens with zero attached hydrogens (tertiary/aromatic N) is 2. The van der Waals surface area contributed by atoms with E-state index in [0.29, 0.717) is 11.1 Å². The lowest BCUT2D eigenvalue weighted by molar-refractivity contribution is -0.141. The van der Waals surface area contributed by atoms with Crippen molar-refractivity contribution < 1.29 is 22.4 Å². The molecule has 0 fully saturated rings. The van der Waals surface area contributed by atoms with Gasteiger partial charge in [-0.15, -0.1) is 0 Å². The number of aromatic nitrogens is 2. The molecule has 1 heterocycles. The summed E-state index contributed by atoms with van der Waals surface area (Å²) in [7, 11) is 0. The summed E-state index contributed by atoms with van der Waals surface area (Å²) in [4.78, 5) is 11.6. The fourth-order valence-corrected chi connectivity index (χ4v) is 1.75. The summed E-state index contributed by atoms with van der Waals surface area (Å²) < 4.78 is 51.3. The van der Waals surface area contributed by atoms with Crippen LogP contribution in [0.15, 0.2) is 30.5 Å². The monoisotopic (exact) mass is 315 g/mol. The summed E-state index contributed by atoms with van der Waals surface area (Å²) in [6.07, 6.45) is -3.46. The number of alkyl halides is 3. The third kappa shape index (κ3) is 4.06. The van der Waals surface area contributed by atoms with Crippen LogP contribution < -0.4 is 5.32 Å². The van der Waals surface area contributed by atoms with E-state index in [0.717, 1.165) is 16.9 Å². The lowest BCUT2D eigenvalue weighted by Gasteiger charge is -2.07. The molecule has 0 bridgehead atoms. The van der Waals surface area contributed by atoms with Gasteiger partial charge in [0.15, 0.2) is 5.69 Å². The van der Waals surface area contributed by atoms with Crippen molar-refractivity contribution in [2.24, 2.45) is 0 Å². The maximum absolute atomic E-state index is 13.3. The Labute approximate surface area is 123 Å². The molecule has 22 heavy (non-hydrogen) atoms. The highest BCUT2D eigenvalue weighted by atomic mass is 19.4. The molecule has 4 nitrogen and oxygen atoms in total. The first-order valence-electron chi connectivity index (χ1n) is 6.38. The second-order valence-corrected chi connectivity index (χ2v) is 4.76. The Morgan fingerprint density at radius 2 is 2.05 bits per heavy atom. The second-order valence-electron chi connectivity index (χ2n) is 4.76. The minimum atomic E-state index is -4.54. The molecule has 0 atom stereocenters. The van der Waals surface area contributed by atoms with E-state index < -0.39 is 17.8 Å². The highest BCUT2D eigenvalue weighted by Crippen LogP contribution is 2.27. The first-order valence-corrected chi connectivity index (χ1v) is 6.38. The van der Waals surface area contributed by atoms with E-state index in [4.69, 9.17) is 0 Å². The maximum Gasteiger partial charge on any atom is 0.435 e. The molecule has 0 saturated heterocycles. The molecule has 1 aromatic carbocycles. The standard InChI is InChI=1S/C14H13F4N3O/c1-9-2-3-10(6-11(9)15)7-19-13(22)8-21-5-4-12(20-21)14(16,17)18/h2-6H,7-8H2,1H3,(H,19,22). The highest BCUT2D eigenvalue weighted by molar-refractivity contribution is 5.75. The van der Waals surface area contributed by atoms with Gasteiger partial charge in [0.05, 0.1) is 0 Å². The number of aryl methyl sites for hydroxylation is 1. The third-order valence-electron chi connectivity index (χ3n) is 2.96. The fourth-order valence-electron chi connectivity index (χ4n) is 1.75. The number of halogens is 4. The molecule has 2 aromatic rings. The van der Waals surface area contributed by atoms with Gasteiger partial charge in [-0.25, -0.2) is 4.39 Å². The molecule has 0 saturated carbocycles. The molecule has 1 aromatic heterocycles. The van der Waals surface area contributed by atoms with Crippen LogP contribution in [0.25, 0.3) is 0 Å². The zero-order valence-corrected chi connectivity index (χ0v) is 11.6. The van der Waals surface area contributed by atoms with Gasteiger partial charge < -0.3 is 5.32 Å². The van der Waals surface area contributed by atoms with Crippen LogP contribution in [0.2, 0.25) is 0 Å². The van der Waals surface area contributed by atoms with E-state index in [1.165, 1.54) is 6.07 Å². The summed E-state index contributed by atoms with van der Waals surface area (Å²) in [5, 5.41) is 5.77. The number of carbonyl (C=O) groups excluding carboxylic acids is 1. The van der Waals surface area contributed by atoms with E-state index in [1.807, 2.05) is 0 Å². The van der Waals surface area contributed by atoms with Crippen LogP contribution in [0.4, 0.5) is 17.6 Å². The SMILES string of the molecule is Cc1ccc(CNC(=O)Cn2ccc(C(F)(F)F)n2)cc1F. The van der Waals surface area contributed by atoms with Crippen molar-refractivity contribution in [3.63, 3.8) is 0 Å². The third-order valence-corrected chi connectivity index (χ3v) is 2.96. The van der Waals surface area contributed by atoms with Crippen LogP contribution >= 0.6 is 0 Å². The van der Waals surface area contributed by atoms with Crippen molar-refractivity contribution in [3.8, 4) is 0 Å². The average Bonchev–Trinajstić information content (AvgIpc) is 2.88. The predicted octanol–water partition coefficient (Wildman–Crippen LogP) is 2.67. The van der Waals surface area contributed by atoms with Gasteiger partial charge >= 0.3 is 6.18 Å². The summed E-state index contributed by atoms with van der Waals surface area (Å²) >= 11 is 0. The molecule has 0 aliphatic carbocycles. The molecule has 1 amide bonds. The number of amides is 1. The second kappa shape index (κ2) is 6.17. The number of hydrogen-bond donors (Lipinski definition) is 1. The van der Waals surface area contributed by atoms with Crippen LogP contribution in [0.1, 0.15) is 16.8 Å². The van der Waals surface area contributed by atoms with Crippen molar-refractivity contribution in [3.05, 3.63) is 53.1 Å². The van der Waals surface area contributed by atoms with E-state index in [9.17, 15) is 22.4 Å². The Kier molecular flexibility index (Phi) is 4.48. The molecule has 0 spiro atoms. The zero-order chi connectivity index (χ0) is 16.3. The first-order chi connectivity index (χ1) is 10.3. The van der Waals surface area contributed by atoms with Crippen molar-refractivity contribution in [2.75, 3.05) is 0 Å². The topological polar surface area (TPSA) is 46.9 Å². The molecule has 1 N–H and O–H groups in total. The Morgan fingerprint density at radius 3 is 2.64 bits per heavy atom. The van der Waals surface area contributed by atoms with E-state index in [-0.39, 0.29) is 18.9 Å². The van der Waals surface area contributed by atoms with Crippen molar-refractivity contribution in [1.29, 1.82) is 0 Å². The first kappa shape index (κ1) is 16.0. The fraction of sp³-hybridized carbons (Fsp3) is 0.286. The molecule has 0 aliphatic rings. The lowest BCUT2D eigenvalue weighted by Crippen LogP contribution is -2.27. The minimum Gasteiger partial charge on any atom is -0.350 e. The van der Waals surface area contributed by atoms with Gasteiger partial charge in [0, 0.05) is 12.7 Å². The summed E-state index contributed by atoms with van der Waals surface area (Å²) in [5.74, 6) is -0.897. The average molecular weight is 315 g/mol. The lowest BCUT2D eigenvalue weighted by atomic mass is 10.1. The van der Waals surface area contributed by atoms with Crippen LogP contribution in [-0.2, 0) is 24.1 Å². The maximum atomic E-state index is 13.3. The highest BCUT2D eigenvalue weighted by Gasteiger charge is 2.33. The largest absolute Gasteiger partial charge is 0.435 e. The van der Waals surface area contributed by atoms with Gasteiger partial charge in [-0.05, 0) is 30.2 Å². The molecule has 0 unspecified atom stereocenters. The quantitative estimate of drug-likeness (QED) is 0.882. The van der Waals surface area contributed by atoms with Crippen LogP contribution in [0.5, 0.6) is 0 Å². The Balaban J connectivity index is 1.90. The molecular formula is C14H13F4N3O. The number of rotatable bonds is 4. The zero-order valence-electron chi connectivity index (χ0n) is 11.6. The predicted molar refractivity (Wildman–Crippen MR) is 70.2 cm³/mol. The van der Waals surface area contributed by atoms with Gasteiger partial charge in [-0.3, -0.25) is 9.48 Å². The number of benzene rings is 1.